The van der Waals surface area contributed by atoms with E-state index in [4.69, 9.17) is 4.98 Å². The third-order valence-corrected chi connectivity index (χ3v) is 9.75. The van der Waals surface area contributed by atoms with Crippen molar-refractivity contribution in [3.63, 3.8) is 0 Å². The number of thiazole rings is 1. The third kappa shape index (κ3) is 6.24. The molecule has 0 bridgehead atoms. The van der Waals surface area contributed by atoms with E-state index in [9.17, 15) is 23.4 Å². The molecule has 1 aromatic carbocycles. The number of nitrogens with one attached hydrogen (secondary N) is 1. The first kappa shape index (κ1) is 27.5. The lowest BCUT2D eigenvalue weighted by atomic mass is 9.75. The van der Waals surface area contributed by atoms with Crippen molar-refractivity contribution in [2.75, 3.05) is 29.5 Å². The predicted octanol–water partition coefficient (Wildman–Crippen LogP) is 4.83. The molecular formula is C28H29F2N5O2S2. The molecule has 1 amide bonds. The normalized spacial score (nSPS) is 22.7. The van der Waals surface area contributed by atoms with Crippen LogP contribution in [0.1, 0.15) is 37.8 Å². The Morgan fingerprint density at radius 1 is 1.23 bits per heavy atom. The maximum Gasteiger partial charge on any atom is 0.224 e. The SMILES string of the molecule is CC(C#N)NC(=O)C1C[C@@H](F)CC[C@H]1c1nc(-c2cncc(F)c2)sc1-c1ccc(N2CC[S+]([O-])CC2)cc1. The van der Waals surface area contributed by atoms with E-state index in [1.807, 2.05) is 30.3 Å². The zero-order valence-corrected chi connectivity index (χ0v) is 23.1. The molecule has 1 saturated carbocycles. The second-order valence-electron chi connectivity index (χ2n) is 9.99. The van der Waals surface area contributed by atoms with Gasteiger partial charge in [-0.2, -0.15) is 5.26 Å². The number of nitrogens with zero attached hydrogens (tertiary/aromatic N) is 4. The van der Waals surface area contributed by atoms with Gasteiger partial charge in [0.2, 0.25) is 5.91 Å². The van der Waals surface area contributed by atoms with Crippen molar-refractivity contribution in [1.29, 1.82) is 5.26 Å². The first-order valence-corrected chi connectivity index (χ1v) is 15.3. The molecule has 2 unspecified atom stereocenters. The molecule has 2 aliphatic rings. The Morgan fingerprint density at radius 2 is 1.97 bits per heavy atom. The van der Waals surface area contributed by atoms with Gasteiger partial charge in [-0.25, -0.2) is 13.8 Å². The zero-order chi connectivity index (χ0) is 27.5. The van der Waals surface area contributed by atoms with E-state index in [0.717, 1.165) is 35.4 Å². The fourth-order valence-electron chi connectivity index (χ4n) is 5.25. The van der Waals surface area contributed by atoms with Crippen LogP contribution in [-0.2, 0) is 16.0 Å². The van der Waals surface area contributed by atoms with E-state index in [-0.39, 0.29) is 18.2 Å². The molecule has 39 heavy (non-hydrogen) atoms. The lowest BCUT2D eigenvalue weighted by Gasteiger charge is -2.32. The van der Waals surface area contributed by atoms with Gasteiger partial charge >= 0.3 is 0 Å². The fraction of sp³-hybridized carbons (Fsp3) is 0.429. The molecule has 3 aromatic rings. The maximum absolute atomic E-state index is 14.5. The molecule has 2 aromatic heterocycles. The van der Waals surface area contributed by atoms with Crippen LogP contribution in [0.15, 0.2) is 42.7 Å². The number of benzene rings is 1. The number of nitriles is 1. The third-order valence-electron chi connectivity index (χ3n) is 7.30. The van der Waals surface area contributed by atoms with Gasteiger partial charge in [-0.3, -0.25) is 9.78 Å². The average Bonchev–Trinajstić information content (AvgIpc) is 3.39. The van der Waals surface area contributed by atoms with Gasteiger partial charge in [0.1, 0.15) is 34.5 Å². The lowest BCUT2D eigenvalue weighted by molar-refractivity contribution is -0.127. The maximum atomic E-state index is 14.5. The Morgan fingerprint density at radius 3 is 2.67 bits per heavy atom. The number of rotatable bonds is 6. The summed E-state index contributed by atoms with van der Waals surface area (Å²) < 4.78 is 40.3. The van der Waals surface area contributed by atoms with Crippen LogP contribution in [0.3, 0.4) is 0 Å². The van der Waals surface area contributed by atoms with Crippen LogP contribution in [0.4, 0.5) is 14.5 Å². The second-order valence-corrected chi connectivity index (χ2v) is 12.7. The van der Waals surface area contributed by atoms with Crippen molar-refractivity contribution in [3.8, 4) is 27.1 Å². The number of aromatic nitrogens is 2. The summed E-state index contributed by atoms with van der Waals surface area (Å²) in [5.74, 6) is -0.577. The highest BCUT2D eigenvalue weighted by Gasteiger charge is 2.39. The minimum atomic E-state index is -1.11. The summed E-state index contributed by atoms with van der Waals surface area (Å²) in [6, 6.07) is 10.7. The van der Waals surface area contributed by atoms with Crippen molar-refractivity contribution in [3.05, 3.63) is 54.2 Å². The molecular weight excluding hydrogens is 540 g/mol. The Kier molecular flexibility index (Phi) is 8.45. The van der Waals surface area contributed by atoms with Crippen molar-refractivity contribution >= 4 is 34.1 Å². The highest BCUT2D eigenvalue weighted by atomic mass is 32.2. The van der Waals surface area contributed by atoms with Crippen molar-refractivity contribution in [1.82, 2.24) is 15.3 Å². The number of carbonyl (C=O) groups excluding carboxylic acids is 1. The topological polar surface area (TPSA) is 105 Å². The average molecular weight is 570 g/mol. The molecule has 1 aliphatic heterocycles. The van der Waals surface area contributed by atoms with Crippen LogP contribution in [0.2, 0.25) is 0 Å². The minimum absolute atomic E-state index is 0.0533. The van der Waals surface area contributed by atoms with Gasteiger partial charge in [0.25, 0.3) is 0 Å². The van der Waals surface area contributed by atoms with Gasteiger partial charge in [0.15, 0.2) is 0 Å². The highest BCUT2D eigenvalue weighted by Crippen LogP contribution is 2.46. The lowest BCUT2D eigenvalue weighted by Crippen LogP contribution is -2.41. The van der Waals surface area contributed by atoms with E-state index in [1.54, 1.807) is 13.1 Å². The number of carbonyl (C=O) groups is 1. The first-order chi connectivity index (χ1) is 18.8. The van der Waals surface area contributed by atoms with Gasteiger partial charge in [-0.05, 0) is 49.9 Å². The molecule has 1 N–H and O–H groups in total. The van der Waals surface area contributed by atoms with Gasteiger partial charge in [0.05, 0.1) is 35.9 Å². The van der Waals surface area contributed by atoms with Crippen LogP contribution in [0.5, 0.6) is 0 Å². The van der Waals surface area contributed by atoms with E-state index < -0.39 is 35.1 Å². The van der Waals surface area contributed by atoms with Gasteiger partial charge in [0, 0.05) is 29.3 Å². The zero-order valence-electron chi connectivity index (χ0n) is 21.5. The molecule has 1 saturated heterocycles. The highest BCUT2D eigenvalue weighted by molar-refractivity contribution is 7.91. The van der Waals surface area contributed by atoms with Crippen molar-refractivity contribution < 1.29 is 18.1 Å². The van der Waals surface area contributed by atoms with Gasteiger partial charge < -0.3 is 14.8 Å². The summed E-state index contributed by atoms with van der Waals surface area (Å²) in [6.07, 6.45) is 2.37. The minimum Gasteiger partial charge on any atom is -0.616 e. The summed E-state index contributed by atoms with van der Waals surface area (Å²) >= 11 is 0.629. The summed E-state index contributed by atoms with van der Waals surface area (Å²) in [6.45, 7) is 3.06. The van der Waals surface area contributed by atoms with Crippen LogP contribution in [0.25, 0.3) is 21.0 Å². The molecule has 11 heteroatoms. The number of anilines is 1. The smallest absolute Gasteiger partial charge is 0.224 e. The molecule has 5 rings (SSSR count). The molecule has 3 heterocycles. The molecule has 0 radical (unpaired) electrons. The standard InChI is InChI=1S/C28H29F2N5O2S2/c1-17(14-31)33-27(36)24-13-20(29)4-7-23(24)25-26(38-28(34-25)19-12-21(30)16-32-15-19)18-2-5-22(6-3-18)35-8-10-39(37)11-9-35/h2-3,5-6,12,15-17,20,23-24H,4,7-11,13H2,1H3,(H,33,36)/t17?,20-,23+,24?/m0/s1. The largest absolute Gasteiger partial charge is 0.616 e. The van der Waals surface area contributed by atoms with Gasteiger partial charge in [-0.15, -0.1) is 11.3 Å². The molecule has 4 atom stereocenters. The summed E-state index contributed by atoms with van der Waals surface area (Å²) in [7, 11) is 0. The van der Waals surface area contributed by atoms with Crippen LogP contribution in [0, 0.1) is 23.1 Å². The van der Waals surface area contributed by atoms with Gasteiger partial charge in [-0.1, -0.05) is 23.3 Å². The monoisotopic (exact) mass is 569 g/mol. The van der Waals surface area contributed by atoms with E-state index >= 15 is 0 Å². The Hall–Kier alpha value is -3.07. The van der Waals surface area contributed by atoms with Crippen LogP contribution < -0.4 is 10.2 Å². The number of pyridine rings is 1. The molecule has 1 aliphatic carbocycles. The summed E-state index contributed by atoms with van der Waals surface area (Å²) in [4.78, 5) is 25.1. The second kappa shape index (κ2) is 12.0. The van der Waals surface area contributed by atoms with Crippen molar-refractivity contribution in [2.45, 2.75) is 44.3 Å². The Bertz CT molecular complexity index is 1350. The van der Waals surface area contributed by atoms with E-state index in [2.05, 4.69) is 15.2 Å². The molecule has 7 nitrogen and oxygen atoms in total. The summed E-state index contributed by atoms with van der Waals surface area (Å²) in [5.41, 5.74) is 3.15. The Labute approximate surface area is 233 Å². The predicted molar refractivity (Wildman–Crippen MR) is 149 cm³/mol. The number of hydrogen-bond acceptors (Lipinski definition) is 7. The van der Waals surface area contributed by atoms with Crippen molar-refractivity contribution in [2.24, 2.45) is 5.92 Å². The number of halogens is 2. The van der Waals surface area contributed by atoms with Crippen LogP contribution in [-0.4, -0.2) is 57.2 Å². The Balaban J connectivity index is 1.53. The number of hydrogen-bond donors (Lipinski definition) is 1. The molecule has 204 valence electrons. The quantitative estimate of drug-likeness (QED) is 0.427. The molecule has 2 fully saturated rings. The number of alkyl halides is 1. The molecule has 0 spiro atoms. The number of amides is 1. The summed E-state index contributed by atoms with van der Waals surface area (Å²) in [5, 5.41) is 12.5. The first-order valence-electron chi connectivity index (χ1n) is 13.0. The van der Waals surface area contributed by atoms with E-state index in [1.165, 1.54) is 17.4 Å². The fourth-order valence-corrected chi connectivity index (χ4v) is 7.43. The van der Waals surface area contributed by atoms with E-state index in [0.29, 0.717) is 40.6 Å². The van der Waals surface area contributed by atoms with Crippen LogP contribution >= 0.6 is 11.3 Å².